The first kappa shape index (κ1) is 22.8. The van der Waals surface area contributed by atoms with E-state index in [2.05, 4.69) is 15.5 Å². The molecule has 0 radical (unpaired) electrons. The third kappa shape index (κ3) is 4.42. The van der Waals surface area contributed by atoms with Crippen LogP contribution in [0.15, 0.2) is 57.9 Å². The summed E-state index contributed by atoms with van der Waals surface area (Å²) in [5.41, 5.74) is 0.548. The third-order valence-electron chi connectivity index (χ3n) is 5.49. The van der Waals surface area contributed by atoms with Gasteiger partial charge in [0.1, 0.15) is 5.76 Å². The Labute approximate surface area is 194 Å². The number of carbonyl (C=O) groups is 1. The quantitative estimate of drug-likeness (QED) is 0.379. The van der Waals surface area contributed by atoms with Gasteiger partial charge in [-0.3, -0.25) is 14.0 Å². The van der Waals surface area contributed by atoms with Gasteiger partial charge in [0.05, 0.1) is 19.1 Å². The van der Waals surface area contributed by atoms with E-state index in [0.29, 0.717) is 17.0 Å². The number of carbonyl (C=O) groups excluding carboxylic acids is 1. The zero-order valence-corrected chi connectivity index (χ0v) is 18.8. The molecular weight excluding hydrogens is 440 g/mol. The number of nitrogens with zero attached hydrogens (tertiary/aromatic N) is 3. The Hall–Kier alpha value is -4.34. The molecule has 3 heterocycles. The summed E-state index contributed by atoms with van der Waals surface area (Å²) in [6, 6.07) is 10.7. The second-order valence-electron chi connectivity index (χ2n) is 7.90. The molecule has 0 spiro atoms. The van der Waals surface area contributed by atoms with Gasteiger partial charge in [0, 0.05) is 18.7 Å². The topological polar surface area (TPSA) is 139 Å². The number of hydrogen-bond donors (Lipinski definition) is 3. The van der Waals surface area contributed by atoms with Crippen molar-refractivity contribution in [1.82, 2.24) is 19.9 Å². The Morgan fingerprint density at radius 1 is 1.21 bits per heavy atom. The van der Waals surface area contributed by atoms with E-state index in [0.717, 1.165) is 0 Å². The molecule has 3 aromatic heterocycles. The fraction of sp³-hybridized carbons (Fsp3) is 0.250. The molecule has 176 valence electrons. The molecule has 0 bridgehead atoms. The van der Waals surface area contributed by atoms with Crippen LogP contribution in [0.4, 0.5) is 0 Å². The van der Waals surface area contributed by atoms with Crippen molar-refractivity contribution in [3.8, 4) is 17.2 Å². The van der Waals surface area contributed by atoms with Crippen molar-refractivity contribution >= 4 is 11.6 Å². The molecule has 1 amide bonds. The fourth-order valence-electron chi connectivity index (χ4n) is 3.84. The predicted molar refractivity (Wildman–Crippen MR) is 122 cm³/mol. The van der Waals surface area contributed by atoms with Gasteiger partial charge in [-0.1, -0.05) is 12.1 Å². The number of phenols is 1. The van der Waals surface area contributed by atoms with Crippen LogP contribution in [0.5, 0.6) is 17.2 Å². The van der Waals surface area contributed by atoms with Crippen LogP contribution < -0.4 is 15.5 Å². The van der Waals surface area contributed by atoms with Crippen LogP contribution in [0.1, 0.15) is 48.2 Å². The normalized spacial score (nSPS) is 12.9. The Morgan fingerprint density at radius 3 is 2.76 bits per heavy atom. The van der Waals surface area contributed by atoms with Crippen LogP contribution in [0.2, 0.25) is 0 Å². The maximum atomic E-state index is 13.1. The second kappa shape index (κ2) is 9.26. The largest absolute Gasteiger partial charge is 0.504 e. The number of ether oxygens (including phenoxy) is 1. The summed E-state index contributed by atoms with van der Waals surface area (Å²) in [6.07, 6.45) is 1.65. The van der Waals surface area contributed by atoms with Gasteiger partial charge < -0.3 is 24.7 Å². The number of methoxy groups -OCH3 is 1. The van der Waals surface area contributed by atoms with Crippen molar-refractivity contribution in [1.29, 1.82) is 0 Å². The van der Waals surface area contributed by atoms with Crippen molar-refractivity contribution in [2.45, 2.75) is 32.2 Å². The molecule has 4 aromatic rings. The predicted octanol–water partition coefficient (Wildman–Crippen LogP) is 2.81. The lowest BCUT2D eigenvalue weighted by atomic mass is 9.91. The molecule has 3 N–H and O–H groups in total. The Bertz CT molecular complexity index is 1410. The van der Waals surface area contributed by atoms with Gasteiger partial charge >= 0.3 is 0 Å². The molecule has 34 heavy (non-hydrogen) atoms. The summed E-state index contributed by atoms with van der Waals surface area (Å²) in [5, 5.41) is 31.6. The van der Waals surface area contributed by atoms with Crippen LogP contribution in [-0.2, 0) is 4.79 Å². The van der Waals surface area contributed by atoms with E-state index in [1.807, 2.05) is 18.2 Å². The number of amides is 1. The van der Waals surface area contributed by atoms with E-state index in [-0.39, 0.29) is 35.3 Å². The maximum absolute atomic E-state index is 13.1. The first-order valence-electron chi connectivity index (χ1n) is 10.6. The molecule has 10 nitrogen and oxygen atoms in total. The lowest BCUT2D eigenvalue weighted by molar-refractivity contribution is -0.122. The number of benzene rings is 1. The minimum atomic E-state index is -0.829. The van der Waals surface area contributed by atoms with E-state index in [4.69, 9.17) is 9.15 Å². The van der Waals surface area contributed by atoms with E-state index in [9.17, 15) is 19.8 Å². The first-order chi connectivity index (χ1) is 16.3. The monoisotopic (exact) mass is 464 g/mol. The molecule has 0 aliphatic rings. The van der Waals surface area contributed by atoms with Gasteiger partial charge in [-0.05, 0) is 43.7 Å². The zero-order chi connectivity index (χ0) is 24.4. The third-order valence-corrected chi connectivity index (χ3v) is 5.49. The van der Waals surface area contributed by atoms with Crippen LogP contribution in [0.3, 0.4) is 0 Å². The summed E-state index contributed by atoms with van der Waals surface area (Å²) in [4.78, 5) is 25.3. The maximum Gasteiger partial charge on any atom is 0.227 e. The van der Waals surface area contributed by atoms with E-state index >= 15 is 0 Å². The fourth-order valence-corrected chi connectivity index (χ4v) is 3.84. The number of pyridine rings is 1. The number of hydrogen-bond acceptors (Lipinski definition) is 8. The molecule has 0 aliphatic heterocycles. The van der Waals surface area contributed by atoms with E-state index < -0.39 is 23.1 Å². The Kier molecular flexibility index (Phi) is 6.22. The zero-order valence-electron chi connectivity index (χ0n) is 18.8. The average molecular weight is 464 g/mol. The number of fused-ring (bicyclic) bond motifs is 1. The molecule has 0 fully saturated rings. The Balaban J connectivity index is 1.67. The van der Waals surface area contributed by atoms with Gasteiger partial charge in [-0.2, -0.15) is 0 Å². The van der Waals surface area contributed by atoms with E-state index in [1.165, 1.54) is 25.3 Å². The smallest absolute Gasteiger partial charge is 0.227 e. The lowest BCUT2D eigenvalue weighted by Gasteiger charge is -2.20. The van der Waals surface area contributed by atoms with Crippen molar-refractivity contribution in [3.05, 3.63) is 81.8 Å². The van der Waals surface area contributed by atoms with Crippen molar-refractivity contribution in [2.75, 3.05) is 7.11 Å². The highest BCUT2D eigenvalue weighted by molar-refractivity contribution is 5.78. The molecule has 2 atom stereocenters. The molecule has 0 aliphatic carbocycles. The second-order valence-corrected chi connectivity index (χ2v) is 7.90. The SMILES string of the molecule is COc1cc(C(CC(=O)NC(C)c2nnc3ccccn23)c2oc(C)cc(=O)c2O)ccc1O. The number of rotatable bonds is 7. The number of nitrogens with one attached hydrogen (secondary N) is 1. The van der Waals surface area contributed by atoms with Crippen molar-refractivity contribution in [2.24, 2.45) is 0 Å². The van der Waals surface area contributed by atoms with Gasteiger partial charge in [0.25, 0.3) is 0 Å². The van der Waals surface area contributed by atoms with Crippen LogP contribution in [0, 0.1) is 6.92 Å². The van der Waals surface area contributed by atoms with Crippen molar-refractivity contribution in [3.63, 3.8) is 0 Å². The Morgan fingerprint density at radius 2 is 2.00 bits per heavy atom. The molecular formula is C24H24N4O6. The highest BCUT2D eigenvalue weighted by atomic mass is 16.5. The number of aromatic hydroxyl groups is 2. The van der Waals surface area contributed by atoms with Crippen LogP contribution in [-0.4, -0.2) is 37.8 Å². The van der Waals surface area contributed by atoms with Crippen LogP contribution >= 0.6 is 0 Å². The molecule has 0 saturated heterocycles. The number of aryl methyl sites for hydroxylation is 1. The summed E-state index contributed by atoms with van der Waals surface area (Å²) in [5.74, 6) is -0.892. The van der Waals surface area contributed by atoms with Gasteiger partial charge in [-0.15, -0.1) is 10.2 Å². The number of phenolic OH excluding ortho intramolecular Hbond substituents is 1. The lowest BCUT2D eigenvalue weighted by Crippen LogP contribution is -2.29. The van der Waals surface area contributed by atoms with Gasteiger partial charge in [0.15, 0.2) is 28.7 Å². The minimum absolute atomic E-state index is 0.0477. The molecule has 0 saturated carbocycles. The van der Waals surface area contributed by atoms with Crippen LogP contribution in [0.25, 0.3) is 5.65 Å². The highest BCUT2D eigenvalue weighted by Crippen LogP contribution is 2.37. The summed E-state index contributed by atoms with van der Waals surface area (Å²) >= 11 is 0. The summed E-state index contributed by atoms with van der Waals surface area (Å²) < 4.78 is 12.6. The van der Waals surface area contributed by atoms with E-state index in [1.54, 1.807) is 30.5 Å². The minimum Gasteiger partial charge on any atom is -0.504 e. The first-order valence-corrected chi connectivity index (χ1v) is 10.6. The number of aromatic nitrogens is 3. The molecule has 10 heteroatoms. The van der Waals surface area contributed by atoms with Gasteiger partial charge in [-0.25, -0.2) is 0 Å². The highest BCUT2D eigenvalue weighted by Gasteiger charge is 2.28. The van der Waals surface area contributed by atoms with Gasteiger partial charge in [0.2, 0.25) is 17.1 Å². The average Bonchev–Trinajstić information content (AvgIpc) is 3.25. The standard InChI is InChI=1S/C24H24N4O6/c1-13-10-18(30)22(32)23(34-13)16(15-7-8-17(29)19(11-15)33-3)12-21(31)25-14(2)24-27-26-20-6-4-5-9-28(20)24/h4-11,14,16,29,32H,12H2,1-3H3,(H,25,31). The molecule has 2 unspecified atom stereocenters. The summed E-state index contributed by atoms with van der Waals surface area (Å²) in [6.45, 7) is 3.36. The molecule has 1 aromatic carbocycles. The molecule has 4 rings (SSSR count). The summed E-state index contributed by atoms with van der Waals surface area (Å²) in [7, 11) is 1.40. The van der Waals surface area contributed by atoms with Crippen molar-refractivity contribution < 1.29 is 24.2 Å².